The summed E-state index contributed by atoms with van der Waals surface area (Å²) in [5, 5.41) is 0. The fraction of sp³-hybridized carbons (Fsp3) is 0.571. The van der Waals surface area contributed by atoms with Crippen LogP contribution in [-0.4, -0.2) is 37.6 Å². The number of nitrogens with zero attached hydrogens (tertiary/aromatic N) is 2. The predicted molar refractivity (Wildman–Crippen MR) is 72.8 cm³/mol. The Labute approximate surface area is 108 Å². The molecule has 3 unspecified atom stereocenters. The molecule has 0 aromatic heterocycles. The first kappa shape index (κ1) is 11.4. The summed E-state index contributed by atoms with van der Waals surface area (Å²) in [4.78, 5) is 4.66. The Morgan fingerprint density at radius 2 is 1.94 bits per heavy atom. The summed E-state index contributed by atoms with van der Waals surface area (Å²) >= 11 is 6.52. The second-order valence-corrected chi connectivity index (χ2v) is 5.93. The lowest BCUT2D eigenvalue weighted by atomic mass is 9.87. The third-order valence-corrected chi connectivity index (χ3v) is 4.73. The molecular formula is C14H19ClN2. The minimum Gasteiger partial charge on any atom is -0.358 e. The second-order valence-electron chi connectivity index (χ2n) is 5.43. The first-order valence-corrected chi connectivity index (χ1v) is 6.75. The van der Waals surface area contributed by atoms with Crippen LogP contribution in [0.4, 0.5) is 5.69 Å². The molecule has 2 aliphatic rings. The number of rotatable bonds is 0. The minimum absolute atomic E-state index is 0.123. The summed E-state index contributed by atoms with van der Waals surface area (Å²) in [6, 6.07) is 8.73. The molecule has 0 bridgehead atoms. The van der Waals surface area contributed by atoms with Crippen molar-refractivity contribution in [3.8, 4) is 0 Å². The van der Waals surface area contributed by atoms with Crippen LogP contribution in [0.1, 0.15) is 17.9 Å². The van der Waals surface area contributed by atoms with Gasteiger partial charge in [0.1, 0.15) is 5.50 Å². The van der Waals surface area contributed by atoms with E-state index in [-0.39, 0.29) is 5.50 Å². The maximum Gasteiger partial charge on any atom is 0.104 e. The number of likely N-dealkylation sites (tertiary alicyclic amines) is 1. The number of likely N-dealkylation sites (N-methyl/N-ethyl adjacent to an activating group) is 1. The highest BCUT2D eigenvalue weighted by Gasteiger charge is 2.38. The van der Waals surface area contributed by atoms with Gasteiger partial charge < -0.3 is 9.80 Å². The van der Waals surface area contributed by atoms with E-state index < -0.39 is 0 Å². The number of para-hydroxylation sites is 1. The second kappa shape index (κ2) is 4.18. The number of hydrogen-bond donors (Lipinski definition) is 0. The van der Waals surface area contributed by atoms with Crippen molar-refractivity contribution in [2.24, 2.45) is 5.92 Å². The van der Waals surface area contributed by atoms with E-state index in [2.05, 4.69) is 48.2 Å². The molecule has 92 valence electrons. The first-order valence-electron chi connectivity index (χ1n) is 6.31. The van der Waals surface area contributed by atoms with Crippen LogP contribution in [0.25, 0.3) is 0 Å². The third-order valence-electron chi connectivity index (χ3n) is 4.26. The van der Waals surface area contributed by atoms with Crippen LogP contribution in [-0.2, 0) is 0 Å². The molecular weight excluding hydrogens is 232 g/mol. The van der Waals surface area contributed by atoms with Gasteiger partial charge in [-0.1, -0.05) is 29.8 Å². The molecule has 1 fully saturated rings. The van der Waals surface area contributed by atoms with Gasteiger partial charge in [0.05, 0.1) is 0 Å². The monoisotopic (exact) mass is 250 g/mol. The number of alkyl halides is 1. The van der Waals surface area contributed by atoms with Crippen LogP contribution >= 0.6 is 11.6 Å². The van der Waals surface area contributed by atoms with Gasteiger partial charge in [-0.2, -0.15) is 0 Å². The van der Waals surface area contributed by atoms with E-state index in [1.165, 1.54) is 24.3 Å². The predicted octanol–water partition coefficient (Wildman–Crippen LogP) is 2.74. The zero-order valence-electron chi connectivity index (χ0n) is 10.4. The summed E-state index contributed by atoms with van der Waals surface area (Å²) in [6.45, 7) is 2.34. The molecule has 2 aliphatic heterocycles. The zero-order valence-corrected chi connectivity index (χ0v) is 11.2. The first-order chi connectivity index (χ1) is 8.16. The molecule has 0 radical (unpaired) electrons. The Hall–Kier alpha value is -0.730. The van der Waals surface area contributed by atoms with E-state index in [9.17, 15) is 0 Å². The standard InChI is InChI=1S/C14H19ClN2/c1-16-8-10-7-14(15)17(2)13-6-4-3-5-11(13)12(10)9-16/h3-6,10,12,14H,7-9H2,1-2H3. The van der Waals surface area contributed by atoms with Crippen molar-refractivity contribution in [2.75, 3.05) is 32.1 Å². The average molecular weight is 251 g/mol. The van der Waals surface area contributed by atoms with Gasteiger partial charge in [0.25, 0.3) is 0 Å². The van der Waals surface area contributed by atoms with Gasteiger partial charge in [-0.3, -0.25) is 0 Å². The Morgan fingerprint density at radius 1 is 1.18 bits per heavy atom. The summed E-state index contributed by atoms with van der Waals surface area (Å²) in [7, 11) is 4.32. The maximum atomic E-state index is 6.52. The highest BCUT2D eigenvalue weighted by molar-refractivity contribution is 6.21. The van der Waals surface area contributed by atoms with Crippen LogP contribution in [0, 0.1) is 5.92 Å². The number of fused-ring (bicyclic) bond motifs is 3. The topological polar surface area (TPSA) is 6.48 Å². The molecule has 17 heavy (non-hydrogen) atoms. The molecule has 3 heteroatoms. The Bertz CT molecular complexity index is 420. The van der Waals surface area contributed by atoms with Gasteiger partial charge in [-0.05, 0) is 31.0 Å². The molecule has 2 nitrogen and oxygen atoms in total. The van der Waals surface area contributed by atoms with Crippen molar-refractivity contribution in [2.45, 2.75) is 17.8 Å². The molecule has 3 rings (SSSR count). The molecule has 0 saturated carbocycles. The van der Waals surface area contributed by atoms with Crippen molar-refractivity contribution in [1.82, 2.24) is 4.90 Å². The molecule has 1 aromatic rings. The third kappa shape index (κ3) is 1.84. The van der Waals surface area contributed by atoms with Gasteiger partial charge in [0.2, 0.25) is 0 Å². The average Bonchev–Trinajstić information content (AvgIpc) is 2.65. The van der Waals surface area contributed by atoms with Gasteiger partial charge in [0.15, 0.2) is 0 Å². The Balaban J connectivity index is 2.07. The number of benzene rings is 1. The van der Waals surface area contributed by atoms with Crippen LogP contribution < -0.4 is 4.90 Å². The van der Waals surface area contributed by atoms with Crippen molar-refractivity contribution in [3.63, 3.8) is 0 Å². The van der Waals surface area contributed by atoms with Crippen LogP contribution in [0.2, 0.25) is 0 Å². The summed E-state index contributed by atoms with van der Waals surface area (Å²) in [5.74, 6) is 1.36. The molecule has 0 N–H and O–H groups in total. The largest absolute Gasteiger partial charge is 0.358 e. The number of anilines is 1. The van der Waals surface area contributed by atoms with Crippen LogP contribution in [0.3, 0.4) is 0 Å². The smallest absolute Gasteiger partial charge is 0.104 e. The molecule has 3 atom stereocenters. The molecule has 0 spiro atoms. The van der Waals surface area contributed by atoms with E-state index in [0.717, 1.165) is 6.42 Å². The summed E-state index contributed by atoms with van der Waals surface area (Å²) < 4.78 is 0. The highest BCUT2D eigenvalue weighted by atomic mass is 35.5. The van der Waals surface area contributed by atoms with E-state index in [4.69, 9.17) is 11.6 Å². The minimum atomic E-state index is 0.123. The maximum absolute atomic E-state index is 6.52. The molecule has 1 aromatic carbocycles. The molecule has 1 saturated heterocycles. The normalized spacial score (nSPS) is 33.1. The molecule has 2 heterocycles. The number of hydrogen-bond acceptors (Lipinski definition) is 2. The lowest BCUT2D eigenvalue weighted by Crippen LogP contribution is -2.28. The fourth-order valence-electron chi connectivity index (χ4n) is 3.36. The van der Waals surface area contributed by atoms with Gasteiger partial charge in [-0.25, -0.2) is 0 Å². The SMILES string of the molecule is CN1CC2CC(Cl)N(C)c3ccccc3C2C1. The fourth-order valence-corrected chi connectivity index (χ4v) is 3.69. The van der Waals surface area contributed by atoms with Crippen molar-refractivity contribution < 1.29 is 0 Å². The summed E-state index contributed by atoms with van der Waals surface area (Å²) in [5.41, 5.74) is 2.92. The van der Waals surface area contributed by atoms with Crippen LogP contribution in [0.15, 0.2) is 24.3 Å². The van der Waals surface area contributed by atoms with Crippen molar-refractivity contribution >= 4 is 17.3 Å². The Kier molecular flexibility index (Phi) is 2.80. The van der Waals surface area contributed by atoms with E-state index in [0.29, 0.717) is 11.8 Å². The quantitative estimate of drug-likeness (QED) is 0.516. The Morgan fingerprint density at radius 3 is 2.76 bits per heavy atom. The highest BCUT2D eigenvalue weighted by Crippen LogP contribution is 2.43. The van der Waals surface area contributed by atoms with E-state index in [1.54, 1.807) is 0 Å². The lowest BCUT2D eigenvalue weighted by Gasteiger charge is -2.25. The van der Waals surface area contributed by atoms with Crippen LogP contribution in [0.5, 0.6) is 0 Å². The number of halogens is 1. The van der Waals surface area contributed by atoms with E-state index >= 15 is 0 Å². The lowest BCUT2D eigenvalue weighted by molar-refractivity contribution is 0.386. The van der Waals surface area contributed by atoms with Gasteiger partial charge in [0, 0.05) is 31.7 Å². The van der Waals surface area contributed by atoms with Gasteiger partial charge >= 0.3 is 0 Å². The molecule has 0 aliphatic carbocycles. The van der Waals surface area contributed by atoms with Crippen molar-refractivity contribution in [1.29, 1.82) is 0 Å². The molecule has 0 amide bonds. The summed E-state index contributed by atoms with van der Waals surface area (Å²) in [6.07, 6.45) is 1.09. The van der Waals surface area contributed by atoms with Crippen molar-refractivity contribution in [3.05, 3.63) is 29.8 Å². The van der Waals surface area contributed by atoms with E-state index in [1.807, 2.05) is 0 Å². The zero-order chi connectivity index (χ0) is 12.0. The van der Waals surface area contributed by atoms with Gasteiger partial charge in [-0.15, -0.1) is 0 Å².